The zero-order valence-corrected chi connectivity index (χ0v) is 38.5. The third-order valence-electron chi connectivity index (χ3n) is 19.0. The molecule has 0 aromatic rings. The summed E-state index contributed by atoms with van der Waals surface area (Å²) in [6, 6.07) is 0. The zero-order chi connectivity index (χ0) is 46.1. The van der Waals surface area contributed by atoms with Crippen molar-refractivity contribution in [2.45, 2.75) is 218 Å². The van der Waals surface area contributed by atoms with Gasteiger partial charge >= 0.3 is 5.97 Å². The lowest BCUT2D eigenvalue weighted by atomic mass is 9.33. The number of aliphatic hydroxyl groups is 8. The maximum atomic E-state index is 12.4. The van der Waals surface area contributed by atoms with Crippen molar-refractivity contribution >= 4 is 5.97 Å². The van der Waals surface area contributed by atoms with E-state index in [0.29, 0.717) is 18.3 Å². The van der Waals surface area contributed by atoms with Gasteiger partial charge in [0, 0.05) is 5.41 Å². The van der Waals surface area contributed by atoms with Gasteiger partial charge < -0.3 is 74.4 Å². The number of carboxylic acid groups (broad SMARTS) is 1. The van der Waals surface area contributed by atoms with Crippen LogP contribution in [0.4, 0.5) is 0 Å². The summed E-state index contributed by atoms with van der Waals surface area (Å²) in [5.41, 5.74) is 0.910. The van der Waals surface area contributed by atoms with Crippen LogP contribution >= 0.6 is 0 Å². The minimum atomic E-state index is -1.96. The number of fused-ring (bicyclic) bond motifs is 7. The highest BCUT2D eigenvalue weighted by atomic mass is 16.8. The molecule has 9 N–H and O–H groups in total. The number of hydrogen-bond acceptors (Lipinski definition) is 15. The molecule has 16 heteroatoms. The van der Waals surface area contributed by atoms with Gasteiger partial charge in [-0.05, 0) is 110 Å². The predicted octanol–water partition coefficient (Wildman–Crippen LogP) is 2.37. The molecule has 3 saturated heterocycles. The van der Waals surface area contributed by atoms with Crippen LogP contribution in [0.1, 0.15) is 120 Å². The monoisotopic (exact) mass is 897 g/mol. The molecular formula is C47H76O16. The fraction of sp³-hybridized carbons (Fsp3) is 0.936. The second kappa shape index (κ2) is 16.4. The van der Waals surface area contributed by atoms with Gasteiger partial charge in [-0.2, -0.15) is 0 Å². The van der Waals surface area contributed by atoms with Gasteiger partial charge in [0.15, 0.2) is 25.0 Å². The number of carboxylic acids is 1. The van der Waals surface area contributed by atoms with Gasteiger partial charge in [-0.25, -0.2) is 4.79 Å². The summed E-state index contributed by atoms with van der Waals surface area (Å²) in [5, 5.41) is 97.3. The third kappa shape index (κ3) is 7.51. The lowest BCUT2D eigenvalue weighted by Crippen LogP contribution is -2.67. The molecular weight excluding hydrogens is 821 g/mol. The van der Waals surface area contributed by atoms with E-state index in [1.54, 1.807) is 5.57 Å². The van der Waals surface area contributed by atoms with E-state index >= 15 is 0 Å². The van der Waals surface area contributed by atoms with Crippen LogP contribution in [-0.4, -0.2) is 157 Å². The molecule has 63 heavy (non-hydrogen) atoms. The highest BCUT2D eigenvalue weighted by Crippen LogP contribution is 2.76. The Morgan fingerprint density at radius 1 is 0.667 bits per heavy atom. The first-order valence-electron chi connectivity index (χ1n) is 23.5. The first kappa shape index (κ1) is 48.1. The minimum Gasteiger partial charge on any atom is -0.479 e. The number of allylic oxidation sites excluding steroid dienone is 2. The van der Waals surface area contributed by atoms with E-state index in [9.17, 15) is 50.8 Å². The Balaban J connectivity index is 1.04. The van der Waals surface area contributed by atoms with Crippen molar-refractivity contribution < 1.29 is 79.2 Å². The van der Waals surface area contributed by atoms with Crippen LogP contribution in [0.25, 0.3) is 0 Å². The van der Waals surface area contributed by atoms with Crippen LogP contribution in [0.2, 0.25) is 0 Å². The summed E-state index contributed by atoms with van der Waals surface area (Å²) < 4.78 is 36.2. The molecule has 3 heterocycles. The molecule has 0 bridgehead atoms. The molecule has 0 spiro atoms. The molecule has 0 radical (unpaired) electrons. The van der Waals surface area contributed by atoms with E-state index in [1.807, 2.05) is 0 Å². The molecule has 0 aromatic heterocycles. The number of aliphatic carboxylic acids is 1. The molecule has 4 saturated carbocycles. The van der Waals surface area contributed by atoms with Crippen molar-refractivity contribution in [3.05, 3.63) is 11.6 Å². The first-order chi connectivity index (χ1) is 29.2. The van der Waals surface area contributed by atoms with Crippen molar-refractivity contribution in [3.63, 3.8) is 0 Å². The second-order valence-electron chi connectivity index (χ2n) is 23.3. The van der Waals surface area contributed by atoms with Crippen molar-refractivity contribution in [3.8, 4) is 0 Å². The minimum absolute atomic E-state index is 0.0189. The molecule has 8 rings (SSSR count). The summed E-state index contributed by atoms with van der Waals surface area (Å²) in [7, 11) is 0. The number of carbonyl (C=O) groups is 1. The second-order valence-corrected chi connectivity index (χ2v) is 23.3. The zero-order valence-electron chi connectivity index (χ0n) is 38.5. The molecule has 5 aliphatic carbocycles. The number of hydrogen-bond donors (Lipinski definition) is 9. The number of ether oxygens (including phenoxy) is 6. The van der Waals surface area contributed by atoms with E-state index < -0.39 is 110 Å². The van der Waals surface area contributed by atoms with Gasteiger partial charge in [-0.1, -0.05) is 67.0 Å². The van der Waals surface area contributed by atoms with Crippen molar-refractivity contribution in [1.82, 2.24) is 0 Å². The Morgan fingerprint density at radius 2 is 1.33 bits per heavy atom. The van der Waals surface area contributed by atoms with Crippen LogP contribution in [0.5, 0.6) is 0 Å². The Labute approximate surface area is 371 Å². The smallest absolute Gasteiger partial charge is 0.335 e. The molecule has 0 amide bonds. The normalized spacial score (nSPS) is 55.3. The van der Waals surface area contributed by atoms with Gasteiger partial charge in [0.1, 0.15) is 54.9 Å². The van der Waals surface area contributed by atoms with E-state index in [1.165, 1.54) is 6.92 Å². The Kier molecular flexibility index (Phi) is 12.5. The maximum Gasteiger partial charge on any atom is 0.335 e. The molecule has 18 unspecified atom stereocenters. The van der Waals surface area contributed by atoms with E-state index in [0.717, 1.165) is 51.4 Å². The van der Waals surface area contributed by atoms with Crippen molar-refractivity contribution in [1.29, 1.82) is 0 Å². The fourth-order valence-electron chi connectivity index (χ4n) is 14.8. The fourth-order valence-corrected chi connectivity index (χ4v) is 14.8. The standard InChI is InChI=1S/C47H76O16/c1-21-29(50)31(52)34(55)39(59-21)62-36-30(51)24(48)20-58-40(36)63-37-33(54)32(53)35(38(56)57)61-41(37)60-28-13-14-45(7)25(43(28,4)5)12-15-47(9)26(45)11-10-22-23-18-42(2,3)19-27(49)44(23,6)16-17-46(22,47)8/h10,21,23-37,39-41,48-55H,11-20H2,1-9H3,(H,56,57)/t21?,23?,24?,25?,26?,27?,28-,29?,30?,31?,32?,33?,34?,35?,36?,37?,39?,40?,41?,44+,45-,46+,47+/m0/s1. The van der Waals surface area contributed by atoms with E-state index in [-0.39, 0.29) is 39.1 Å². The number of rotatable bonds is 7. The quantitative estimate of drug-likeness (QED) is 0.131. The Hall–Kier alpha value is -1.35. The lowest BCUT2D eigenvalue weighted by molar-refractivity contribution is -0.386. The molecule has 16 nitrogen and oxygen atoms in total. The summed E-state index contributed by atoms with van der Waals surface area (Å²) in [6.07, 6.45) is -12.8. The maximum absolute atomic E-state index is 12.4. The van der Waals surface area contributed by atoms with Crippen LogP contribution < -0.4 is 0 Å². The summed E-state index contributed by atoms with van der Waals surface area (Å²) in [5.74, 6) is -0.622. The Bertz CT molecular complexity index is 1740. The van der Waals surface area contributed by atoms with Crippen LogP contribution in [0.3, 0.4) is 0 Å². The van der Waals surface area contributed by atoms with Crippen molar-refractivity contribution in [2.24, 2.45) is 50.2 Å². The average molecular weight is 897 g/mol. The van der Waals surface area contributed by atoms with E-state index in [2.05, 4.69) is 61.5 Å². The molecule has 23 atom stereocenters. The summed E-state index contributed by atoms with van der Waals surface area (Å²) >= 11 is 0. The third-order valence-corrected chi connectivity index (χ3v) is 19.0. The molecule has 7 fully saturated rings. The summed E-state index contributed by atoms with van der Waals surface area (Å²) in [6.45, 7) is 19.7. The largest absolute Gasteiger partial charge is 0.479 e. The first-order valence-corrected chi connectivity index (χ1v) is 23.5. The molecule has 360 valence electrons. The highest BCUT2D eigenvalue weighted by Gasteiger charge is 2.69. The SMILES string of the molecule is CC1OC(OC2C(OC3C(O[C@H]4CC[C@@]5(C)C(CC[C@]6(C)C5CC=C5C7CC(C)(C)CC(O)[C@]7(C)CC[C@]56C)C4(C)C)OC(C(=O)O)C(O)C3O)OCC(O)C2O)C(O)C(O)C1O. The van der Waals surface area contributed by atoms with E-state index in [4.69, 9.17) is 28.4 Å². The van der Waals surface area contributed by atoms with Crippen LogP contribution in [0, 0.1) is 50.2 Å². The molecule has 0 aromatic carbocycles. The van der Waals surface area contributed by atoms with Gasteiger partial charge in [-0.15, -0.1) is 0 Å². The Morgan fingerprint density at radius 3 is 2.02 bits per heavy atom. The summed E-state index contributed by atoms with van der Waals surface area (Å²) in [4.78, 5) is 12.4. The molecule has 8 aliphatic rings. The predicted molar refractivity (Wildman–Crippen MR) is 223 cm³/mol. The average Bonchev–Trinajstić information content (AvgIpc) is 3.20. The lowest BCUT2D eigenvalue weighted by Gasteiger charge is -2.71. The van der Waals surface area contributed by atoms with Gasteiger partial charge in [0.2, 0.25) is 0 Å². The van der Waals surface area contributed by atoms with Gasteiger partial charge in [0.25, 0.3) is 0 Å². The van der Waals surface area contributed by atoms with Gasteiger partial charge in [-0.3, -0.25) is 0 Å². The topological polar surface area (TPSA) is 255 Å². The van der Waals surface area contributed by atoms with Crippen molar-refractivity contribution in [2.75, 3.05) is 6.61 Å². The highest BCUT2D eigenvalue weighted by molar-refractivity contribution is 5.73. The molecule has 3 aliphatic heterocycles. The van der Waals surface area contributed by atoms with Crippen LogP contribution in [-0.2, 0) is 33.2 Å². The van der Waals surface area contributed by atoms with Gasteiger partial charge in [0.05, 0.1) is 24.9 Å². The van der Waals surface area contributed by atoms with Crippen LogP contribution in [0.15, 0.2) is 11.6 Å². The number of aliphatic hydroxyl groups excluding tert-OH is 8.